The number of hydrogen-bond acceptors (Lipinski definition) is 5. The quantitative estimate of drug-likeness (QED) is 0.765. The summed E-state index contributed by atoms with van der Waals surface area (Å²) in [6.07, 6.45) is 4.85. The van der Waals surface area contributed by atoms with Crippen LogP contribution in [-0.2, 0) is 0 Å². The number of anilines is 2. The lowest BCUT2D eigenvalue weighted by atomic mass is 10.2. The van der Waals surface area contributed by atoms with E-state index in [0.717, 1.165) is 30.7 Å². The van der Waals surface area contributed by atoms with E-state index in [1.54, 1.807) is 24.4 Å². The molecule has 112 valence electrons. The number of pyridine rings is 1. The van der Waals surface area contributed by atoms with Gasteiger partial charge in [-0.1, -0.05) is 24.9 Å². The van der Waals surface area contributed by atoms with E-state index in [2.05, 4.69) is 27.7 Å². The topological polar surface area (TPSA) is 80.0 Å². The van der Waals surface area contributed by atoms with Crippen LogP contribution in [0.4, 0.5) is 11.5 Å². The van der Waals surface area contributed by atoms with Gasteiger partial charge in [0.05, 0.1) is 11.9 Å². The van der Waals surface area contributed by atoms with Gasteiger partial charge in [0.15, 0.2) is 5.82 Å². The number of carbonyl (C=O) groups is 1. The molecular formula is C15H20N4O2. The van der Waals surface area contributed by atoms with Crippen LogP contribution >= 0.6 is 0 Å². The average Bonchev–Trinajstić information content (AvgIpc) is 2.89. The van der Waals surface area contributed by atoms with Crippen molar-refractivity contribution >= 4 is 17.4 Å². The van der Waals surface area contributed by atoms with Gasteiger partial charge in [0.1, 0.15) is 11.5 Å². The molecule has 0 aliphatic carbocycles. The minimum Gasteiger partial charge on any atom is -0.360 e. The molecule has 2 N–H and O–H groups in total. The predicted molar refractivity (Wildman–Crippen MR) is 80.6 cm³/mol. The number of unbranched alkanes of at least 4 members (excludes halogenated alkanes) is 2. The fraction of sp³-hybridized carbons (Fsp3) is 0.400. The summed E-state index contributed by atoms with van der Waals surface area (Å²) >= 11 is 0. The normalized spacial score (nSPS) is 10.4. The standard InChI is InChI=1S/C15H20N4O2/c1-3-4-5-8-16-15(20)13-7-6-12(10-17-13)18-14-9-11(2)21-19-14/h6-7,9-10H,3-5,8H2,1-2H3,(H,16,20)(H,18,19). The Bertz CT molecular complexity index is 578. The van der Waals surface area contributed by atoms with E-state index < -0.39 is 0 Å². The van der Waals surface area contributed by atoms with Crippen molar-refractivity contribution < 1.29 is 9.32 Å². The van der Waals surface area contributed by atoms with E-state index in [1.807, 2.05) is 6.92 Å². The fourth-order valence-corrected chi connectivity index (χ4v) is 1.84. The van der Waals surface area contributed by atoms with Crippen molar-refractivity contribution in [3.05, 3.63) is 35.9 Å². The molecule has 0 fully saturated rings. The van der Waals surface area contributed by atoms with Gasteiger partial charge >= 0.3 is 0 Å². The molecule has 6 heteroatoms. The molecule has 0 aliphatic heterocycles. The van der Waals surface area contributed by atoms with Crippen LogP contribution < -0.4 is 10.6 Å². The zero-order valence-corrected chi connectivity index (χ0v) is 12.3. The average molecular weight is 288 g/mol. The van der Waals surface area contributed by atoms with Crippen molar-refractivity contribution in [3.8, 4) is 0 Å². The van der Waals surface area contributed by atoms with Gasteiger partial charge in [-0.15, -0.1) is 0 Å². The number of hydrogen-bond donors (Lipinski definition) is 2. The summed E-state index contributed by atoms with van der Waals surface area (Å²) in [6.45, 7) is 4.64. The Morgan fingerprint density at radius 1 is 1.33 bits per heavy atom. The molecule has 6 nitrogen and oxygen atoms in total. The first-order valence-electron chi connectivity index (χ1n) is 7.13. The Balaban J connectivity index is 1.87. The Morgan fingerprint density at radius 3 is 2.81 bits per heavy atom. The molecular weight excluding hydrogens is 268 g/mol. The van der Waals surface area contributed by atoms with E-state index in [-0.39, 0.29) is 5.91 Å². The Labute approximate surface area is 123 Å². The molecule has 0 aliphatic rings. The third-order valence-corrected chi connectivity index (χ3v) is 2.96. The number of amides is 1. The van der Waals surface area contributed by atoms with Crippen LogP contribution in [-0.4, -0.2) is 22.6 Å². The highest BCUT2D eigenvalue weighted by molar-refractivity contribution is 5.92. The van der Waals surface area contributed by atoms with E-state index in [0.29, 0.717) is 18.1 Å². The zero-order valence-electron chi connectivity index (χ0n) is 12.3. The summed E-state index contributed by atoms with van der Waals surface area (Å²) in [4.78, 5) is 16.0. The van der Waals surface area contributed by atoms with E-state index in [4.69, 9.17) is 4.52 Å². The Morgan fingerprint density at radius 2 is 2.19 bits per heavy atom. The monoisotopic (exact) mass is 288 g/mol. The molecule has 0 aromatic carbocycles. The van der Waals surface area contributed by atoms with Crippen molar-refractivity contribution in [1.82, 2.24) is 15.5 Å². The number of aromatic nitrogens is 2. The highest BCUT2D eigenvalue weighted by Gasteiger charge is 2.07. The minimum atomic E-state index is -0.144. The van der Waals surface area contributed by atoms with Crippen LogP contribution in [0, 0.1) is 6.92 Å². The van der Waals surface area contributed by atoms with Crippen molar-refractivity contribution in [2.75, 3.05) is 11.9 Å². The van der Waals surface area contributed by atoms with Crippen molar-refractivity contribution in [2.45, 2.75) is 33.1 Å². The largest absolute Gasteiger partial charge is 0.360 e. The van der Waals surface area contributed by atoms with Gasteiger partial charge in [0, 0.05) is 12.6 Å². The summed E-state index contributed by atoms with van der Waals surface area (Å²) in [5.41, 5.74) is 1.17. The highest BCUT2D eigenvalue weighted by atomic mass is 16.5. The molecule has 0 unspecified atom stereocenters. The summed E-state index contributed by atoms with van der Waals surface area (Å²) in [5.74, 6) is 1.20. The van der Waals surface area contributed by atoms with Crippen LogP contribution in [0.2, 0.25) is 0 Å². The van der Waals surface area contributed by atoms with Gasteiger partial charge in [0.2, 0.25) is 0 Å². The lowest BCUT2D eigenvalue weighted by Crippen LogP contribution is -2.25. The molecule has 2 aromatic rings. The number of nitrogens with zero attached hydrogens (tertiary/aromatic N) is 2. The molecule has 2 aromatic heterocycles. The predicted octanol–water partition coefficient (Wildman–Crippen LogP) is 3.04. The van der Waals surface area contributed by atoms with Gasteiger partial charge in [0.25, 0.3) is 5.91 Å². The number of carbonyl (C=O) groups excluding carboxylic acids is 1. The van der Waals surface area contributed by atoms with Crippen LogP contribution in [0.25, 0.3) is 0 Å². The number of aryl methyl sites for hydroxylation is 1. The van der Waals surface area contributed by atoms with Gasteiger partial charge < -0.3 is 15.2 Å². The van der Waals surface area contributed by atoms with Crippen LogP contribution in [0.15, 0.2) is 28.9 Å². The van der Waals surface area contributed by atoms with E-state index in [9.17, 15) is 4.79 Å². The van der Waals surface area contributed by atoms with Crippen LogP contribution in [0.1, 0.15) is 42.4 Å². The highest BCUT2D eigenvalue weighted by Crippen LogP contribution is 2.15. The summed E-state index contributed by atoms with van der Waals surface area (Å²) in [7, 11) is 0. The summed E-state index contributed by atoms with van der Waals surface area (Å²) in [6, 6.07) is 5.26. The van der Waals surface area contributed by atoms with Gasteiger partial charge in [-0.2, -0.15) is 0 Å². The second-order valence-electron chi connectivity index (χ2n) is 4.84. The van der Waals surface area contributed by atoms with Crippen molar-refractivity contribution in [2.24, 2.45) is 0 Å². The van der Waals surface area contributed by atoms with Crippen LogP contribution in [0.5, 0.6) is 0 Å². The van der Waals surface area contributed by atoms with Gasteiger partial charge in [-0.05, 0) is 25.5 Å². The second kappa shape index (κ2) is 7.42. The third kappa shape index (κ3) is 4.59. The molecule has 0 atom stereocenters. The molecule has 0 saturated heterocycles. The first kappa shape index (κ1) is 15.0. The maximum atomic E-state index is 11.9. The molecule has 2 heterocycles. The second-order valence-corrected chi connectivity index (χ2v) is 4.84. The first-order chi connectivity index (χ1) is 10.2. The molecule has 1 amide bonds. The molecule has 0 bridgehead atoms. The Kier molecular flexibility index (Phi) is 5.31. The molecule has 2 rings (SSSR count). The smallest absolute Gasteiger partial charge is 0.269 e. The van der Waals surface area contributed by atoms with E-state index in [1.165, 1.54) is 0 Å². The summed E-state index contributed by atoms with van der Waals surface area (Å²) < 4.78 is 4.97. The third-order valence-electron chi connectivity index (χ3n) is 2.96. The Hall–Kier alpha value is -2.37. The van der Waals surface area contributed by atoms with Crippen LogP contribution in [0.3, 0.4) is 0 Å². The number of rotatable bonds is 7. The van der Waals surface area contributed by atoms with Gasteiger partial charge in [-0.25, -0.2) is 4.98 Å². The zero-order chi connectivity index (χ0) is 15.1. The van der Waals surface area contributed by atoms with Crippen molar-refractivity contribution in [1.29, 1.82) is 0 Å². The minimum absolute atomic E-state index is 0.144. The molecule has 0 spiro atoms. The van der Waals surface area contributed by atoms with Crippen molar-refractivity contribution in [3.63, 3.8) is 0 Å². The first-order valence-corrected chi connectivity index (χ1v) is 7.13. The van der Waals surface area contributed by atoms with Gasteiger partial charge in [-0.3, -0.25) is 4.79 Å². The lowest BCUT2D eigenvalue weighted by Gasteiger charge is -2.05. The number of nitrogens with one attached hydrogen (secondary N) is 2. The maximum Gasteiger partial charge on any atom is 0.269 e. The molecule has 21 heavy (non-hydrogen) atoms. The lowest BCUT2D eigenvalue weighted by molar-refractivity contribution is 0.0948. The molecule has 0 radical (unpaired) electrons. The summed E-state index contributed by atoms with van der Waals surface area (Å²) in [5, 5.41) is 9.74. The molecule has 0 saturated carbocycles. The van der Waals surface area contributed by atoms with E-state index >= 15 is 0 Å². The fourth-order valence-electron chi connectivity index (χ4n) is 1.84. The SMILES string of the molecule is CCCCCNC(=O)c1ccc(Nc2cc(C)on2)cn1. The maximum absolute atomic E-state index is 11.9.